The summed E-state index contributed by atoms with van der Waals surface area (Å²) >= 11 is 0. The van der Waals surface area contributed by atoms with Crippen LogP contribution in [0.1, 0.15) is 29.6 Å². The molecular weight excluding hydrogens is 346 g/mol. The van der Waals surface area contributed by atoms with Crippen molar-refractivity contribution in [2.24, 2.45) is 5.41 Å². The van der Waals surface area contributed by atoms with Gasteiger partial charge in [0.15, 0.2) is 0 Å². The van der Waals surface area contributed by atoms with Gasteiger partial charge < -0.3 is 19.5 Å². The van der Waals surface area contributed by atoms with E-state index in [0.29, 0.717) is 50.3 Å². The fraction of sp³-hybridized carbons (Fsp3) is 0.474. The first kappa shape index (κ1) is 17.5. The highest BCUT2D eigenvalue weighted by Gasteiger charge is 2.50. The van der Waals surface area contributed by atoms with Gasteiger partial charge in [-0.1, -0.05) is 0 Å². The fourth-order valence-corrected chi connectivity index (χ4v) is 4.06. The van der Waals surface area contributed by atoms with E-state index in [2.05, 4.69) is 15.3 Å². The average molecular weight is 369 g/mol. The SMILES string of the molecule is CNc1ncccc1C(=O)N1CCC2(CC1)CC(Cn1ccnc1)OC2=O. The van der Waals surface area contributed by atoms with Crippen LogP contribution in [0.5, 0.6) is 0 Å². The molecule has 1 amide bonds. The van der Waals surface area contributed by atoms with Crippen molar-refractivity contribution in [1.29, 1.82) is 0 Å². The molecule has 2 fully saturated rings. The van der Waals surface area contributed by atoms with Gasteiger partial charge >= 0.3 is 5.97 Å². The van der Waals surface area contributed by atoms with Crippen LogP contribution in [0, 0.1) is 5.41 Å². The Balaban J connectivity index is 1.41. The van der Waals surface area contributed by atoms with Crippen LogP contribution in [-0.2, 0) is 16.1 Å². The minimum Gasteiger partial charge on any atom is -0.460 e. The quantitative estimate of drug-likeness (QED) is 0.823. The van der Waals surface area contributed by atoms with Crippen LogP contribution in [0.3, 0.4) is 0 Å². The number of imidazole rings is 1. The molecule has 0 radical (unpaired) electrons. The van der Waals surface area contributed by atoms with Gasteiger partial charge in [-0.05, 0) is 25.0 Å². The smallest absolute Gasteiger partial charge is 0.312 e. The molecule has 0 aliphatic carbocycles. The molecule has 8 heteroatoms. The molecule has 2 aliphatic rings. The van der Waals surface area contributed by atoms with E-state index in [4.69, 9.17) is 4.74 Å². The molecule has 2 aliphatic heterocycles. The van der Waals surface area contributed by atoms with Crippen molar-refractivity contribution < 1.29 is 14.3 Å². The molecule has 2 aromatic heterocycles. The fourth-order valence-electron chi connectivity index (χ4n) is 4.06. The number of hydrogen-bond acceptors (Lipinski definition) is 6. The molecule has 1 atom stereocenters. The number of nitrogens with one attached hydrogen (secondary N) is 1. The highest BCUT2D eigenvalue weighted by atomic mass is 16.6. The van der Waals surface area contributed by atoms with Crippen molar-refractivity contribution in [1.82, 2.24) is 19.4 Å². The lowest BCUT2D eigenvalue weighted by Crippen LogP contribution is -2.45. The lowest BCUT2D eigenvalue weighted by molar-refractivity contribution is -0.150. The molecule has 1 N–H and O–H groups in total. The normalized spacial score (nSPS) is 21.3. The van der Waals surface area contributed by atoms with E-state index in [0.717, 1.165) is 0 Å². The maximum Gasteiger partial charge on any atom is 0.312 e. The van der Waals surface area contributed by atoms with Gasteiger partial charge in [-0.2, -0.15) is 0 Å². The van der Waals surface area contributed by atoms with Gasteiger partial charge in [0, 0.05) is 45.1 Å². The second-order valence-corrected chi connectivity index (χ2v) is 7.21. The van der Waals surface area contributed by atoms with Gasteiger partial charge in [0.25, 0.3) is 5.91 Å². The lowest BCUT2D eigenvalue weighted by Gasteiger charge is -2.36. The molecule has 1 spiro atoms. The molecule has 8 nitrogen and oxygen atoms in total. The third-order valence-corrected chi connectivity index (χ3v) is 5.58. The molecule has 0 saturated carbocycles. The maximum atomic E-state index is 12.9. The monoisotopic (exact) mass is 369 g/mol. The Hall–Kier alpha value is -2.90. The zero-order chi connectivity index (χ0) is 18.9. The van der Waals surface area contributed by atoms with E-state index in [-0.39, 0.29) is 18.0 Å². The summed E-state index contributed by atoms with van der Waals surface area (Å²) in [5.41, 5.74) is 0.0888. The summed E-state index contributed by atoms with van der Waals surface area (Å²) < 4.78 is 7.56. The first-order valence-electron chi connectivity index (χ1n) is 9.20. The Bertz CT molecular complexity index is 828. The standard InChI is InChI=1S/C19H23N5O3/c1-20-16-15(3-2-6-22-16)17(25)24-8-4-19(5-9-24)11-14(27-18(19)26)12-23-10-7-21-13-23/h2-3,6-7,10,13-14H,4-5,8-9,11-12H2,1H3,(H,20,22). The highest BCUT2D eigenvalue weighted by molar-refractivity contribution is 5.98. The number of pyridine rings is 1. The zero-order valence-electron chi connectivity index (χ0n) is 15.3. The first-order valence-corrected chi connectivity index (χ1v) is 9.20. The summed E-state index contributed by atoms with van der Waals surface area (Å²) in [4.78, 5) is 35.5. The Labute approximate surface area is 157 Å². The summed E-state index contributed by atoms with van der Waals surface area (Å²) in [6.07, 6.45) is 8.79. The number of ether oxygens (including phenoxy) is 1. The summed E-state index contributed by atoms with van der Waals surface area (Å²) in [6.45, 7) is 1.71. The maximum absolute atomic E-state index is 12.9. The molecule has 0 bridgehead atoms. The van der Waals surface area contributed by atoms with Crippen molar-refractivity contribution in [2.75, 3.05) is 25.5 Å². The minimum atomic E-state index is -0.469. The summed E-state index contributed by atoms with van der Waals surface area (Å²) in [5.74, 6) is 0.393. The van der Waals surface area contributed by atoms with Gasteiger partial charge in [0.1, 0.15) is 11.9 Å². The molecule has 4 heterocycles. The van der Waals surface area contributed by atoms with Crippen molar-refractivity contribution in [3.05, 3.63) is 42.6 Å². The predicted octanol–water partition coefficient (Wildman–Crippen LogP) is 1.56. The minimum absolute atomic E-state index is 0.0522. The number of carbonyl (C=O) groups is 2. The van der Waals surface area contributed by atoms with Crippen LogP contribution in [0.25, 0.3) is 0 Å². The Morgan fingerprint density at radius 1 is 1.37 bits per heavy atom. The number of carbonyl (C=O) groups excluding carboxylic acids is 2. The number of rotatable bonds is 4. The van der Waals surface area contributed by atoms with Crippen molar-refractivity contribution in [3.63, 3.8) is 0 Å². The van der Waals surface area contributed by atoms with Gasteiger partial charge in [0.05, 0.1) is 23.9 Å². The molecule has 2 saturated heterocycles. The molecule has 0 aromatic carbocycles. The molecule has 4 rings (SSSR count). The van der Waals surface area contributed by atoms with Crippen LogP contribution in [-0.4, -0.2) is 57.6 Å². The number of aromatic nitrogens is 3. The van der Waals surface area contributed by atoms with E-state index < -0.39 is 5.41 Å². The summed E-state index contributed by atoms with van der Waals surface area (Å²) in [6, 6.07) is 3.53. The van der Waals surface area contributed by atoms with Crippen LogP contribution in [0.15, 0.2) is 37.1 Å². The summed E-state index contributed by atoms with van der Waals surface area (Å²) in [7, 11) is 1.75. The van der Waals surface area contributed by atoms with Crippen LogP contribution >= 0.6 is 0 Å². The van der Waals surface area contributed by atoms with E-state index in [1.807, 2.05) is 10.8 Å². The molecular formula is C19H23N5O3. The van der Waals surface area contributed by atoms with Gasteiger partial charge in [0.2, 0.25) is 0 Å². The Morgan fingerprint density at radius 3 is 2.89 bits per heavy atom. The highest BCUT2D eigenvalue weighted by Crippen LogP contribution is 2.43. The number of esters is 1. The van der Waals surface area contributed by atoms with Crippen LogP contribution < -0.4 is 5.32 Å². The Kier molecular flexibility index (Phi) is 4.55. The predicted molar refractivity (Wildman–Crippen MR) is 98.1 cm³/mol. The van der Waals surface area contributed by atoms with E-state index in [1.54, 1.807) is 42.8 Å². The summed E-state index contributed by atoms with van der Waals surface area (Å²) in [5, 5.41) is 2.96. The van der Waals surface area contributed by atoms with Gasteiger partial charge in [-0.25, -0.2) is 9.97 Å². The first-order chi connectivity index (χ1) is 13.1. The second kappa shape index (κ2) is 7.02. The number of hydrogen-bond donors (Lipinski definition) is 1. The second-order valence-electron chi connectivity index (χ2n) is 7.21. The largest absolute Gasteiger partial charge is 0.460 e. The number of likely N-dealkylation sites (tertiary alicyclic amines) is 1. The number of piperidine rings is 1. The number of amides is 1. The zero-order valence-corrected chi connectivity index (χ0v) is 15.3. The number of nitrogens with zero attached hydrogens (tertiary/aromatic N) is 4. The van der Waals surface area contributed by atoms with Gasteiger partial charge in [-0.3, -0.25) is 9.59 Å². The van der Waals surface area contributed by atoms with Crippen LogP contribution in [0.2, 0.25) is 0 Å². The number of anilines is 1. The third kappa shape index (κ3) is 3.27. The van der Waals surface area contributed by atoms with E-state index in [9.17, 15) is 9.59 Å². The van der Waals surface area contributed by atoms with E-state index >= 15 is 0 Å². The number of cyclic esters (lactones) is 1. The average Bonchev–Trinajstić information content (AvgIpc) is 3.30. The van der Waals surface area contributed by atoms with E-state index in [1.165, 1.54) is 0 Å². The third-order valence-electron chi connectivity index (χ3n) is 5.58. The van der Waals surface area contributed by atoms with Gasteiger partial charge in [-0.15, -0.1) is 0 Å². The van der Waals surface area contributed by atoms with Crippen molar-refractivity contribution >= 4 is 17.7 Å². The Morgan fingerprint density at radius 2 is 2.19 bits per heavy atom. The van der Waals surface area contributed by atoms with Crippen molar-refractivity contribution in [3.8, 4) is 0 Å². The lowest BCUT2D eigenvalue weighted by atomic mass is 9.76. The molecule has 142 valence electrons. The molecule has 27 heavy (non-hydrogen) atoms. The van der Waals surface area contributed by atoms with Crippen molar-refractivity contribution in [2.45, 2.75) is 31.9 Å². The topological polar surface area (TPSA) is 89.3 Å². The molecule has 1 unspecified atom stereocenters. The van der Waals surface area contributed by atoms with Crippen LogP contribution in [0.4, 0.5) is 5.82 Å². The molecule has 2 aromatic rings.